The van der Waals surface area contributed by atoms with E-state index in [1.165, 1.54) is 4.88 Å². The van der Waals surface area contributed by atoms with Crippen LogP contribution >= 0.6 is 11.3 Å². The lowest BCUT2D eigenvalue weighted by atomic mass is 10.1. The SMILES string of the molecule is CCC(C)N(C)Cc1c(CNC)sc2cccc(F)c12. The summed E-state index contributed by atoms with van der Waals surface area (Å²) in [7, 11) is 4.05. The number of benzene rings is 1. The summed E-state index contributed by atoms with van der Waals surface area (Å²) in [5, 5.41) is 3.99. The van der Waals surface area contributed by atoms with Gasteiger partial charge in [-0.15, -0.1) is 11.3 Å². The van der Waals surface area contributed by atoms with Crippen LogP contribution in [0.25, 0.3) is 10.1 Å². The summed E-state index contributed by atoms with van der Waals surface area (Å²) < 4.78 is 15.2. The van der Waals surface area contributed by atoms with Gasteiger partial charge in [-0.1, -0.05) is 13.0 Å². The first kappa shape index (κ1) is 15.4. The number of rotatable bonds is 6. The number of hydrogen-bond donors (Lipinski definition) is 1. The molecule has 1 aromatic carbocycles. The smallest absolute Gasteiger partial charge is 0.132 e. The van der Waals surface area contributed by atoms with E-state index < -0.39 is 0 Å². The number of halogens is 1. The summed E-state index contributed by atoms with van der Waals surface area (Å²) in [4.78, 5) is 3.54. The molecule has 1 unspecified atom stereocenters. The molecule has 0 saturated carbocycles. The Morgan fingerprint density at radius 2 is 2.15 bits per heavy atom. The van der Waals surface area contributed by atoms with Crippen LogP contribution in [0.3, 0.4) is 0 Å². The molecule has 0 amide bonds. The van der Waals surface area contributed by atoms with E-state index >= 15 is 0 Å². The lowest BCUT2D eigenvalue weighted by molar-refractivity contribution is 0.244. The van der Waals surface area contributed by atoms with Crippen LogP contribution < -0.4 is 5.32 Å². The molecular weight excluding hydrogens is 271 g/mol. The first-order chi connectivity index (χ1) is 9.58. The third-order valence-corrected chi connectivity index (χ3v) is 5.13. The third kappa shape index (κ3) is 3.03. The Bertz CT molecular complexity index is 579. The highest BCUT2D eigenvalue weighted by Gasteiger charge is 2.18. The van der Waals surface area contributed by atoms with E-state index in [1.807, 2.05) is 13.1 Å². The highest BCUT2D eigenvalue weighted by atomic mass is 32.1. The van der Waals surface area contributed by atoms with Crippen molar-refractivity contribution in [1.29, 1.82) is 0 Å². The molecule has 0 aliphatic heterocycles. The van der Waals surface area contributed by atoms with Gasteiger partial charge in [0.2, 0.25) is 0 Å². The van der Waals surface area contributed by atoms with Gasteiger partial charge in [0.25, 0.3) is 0 Å². The van der Waals surface area contributed by atoms with Crippen molar-refractivity contribution >= 4 is 21.4 Å². The van der Waals surface area contributed by atoms with Gasteiger partial charge < -0.3 is 5.32 Å². The van der Waals surface area contributed by atoms with Crippen LogP contribution in [0.1, 0.15) is 30.7 Å². The molecule has 2 aromatic rings. The Morgan fingerprint density at radius 3 is 2.80 bits per heavy atom. The highest BCUT2D eigenvalue weighted by molar-refractivity contribution is 7.19. The van der Waals surface area contributed by atoms with E-state index in [4.69, 9.17) is 0 Å². The molecule has 0 bridgehead atoms. The first-order valence-electron chi connectivity index (χ1n) is 7.12. The Balaban J connectivity index is 2.45. The second-order valence-corrected chi connectivity index (χ2v) is 6.46. The molecule has 1 aromatic heterocycles. The van der Waals surface area contributed by atoms with Crippen LogP contribution in [-0.4, -0.2) is 25.0 Å². The number of nitrogens with one attached hydrogen (secondary N) is 1. The van der Waals surface area contributed by atoms with Gasteiger partial charge in [-0.2, -0.15) is 0 Å². The molecule has 4 heteroatoms. The monoisotopic (exact) mass is 294 g/mol. The molecule has 1 heterocycles. The summed E-state index contributed by atoms with van der Waals surface area (Å²) in [5.74, 6) is -0.103. The fourth-order valence-electron chi connectivity index (χ4n) is 2.40. The minimum Gasteiger partial charge on any atom is -0.315 e. The van der Waals surface area contributed by atoms with Crippen molar-refractivity contribution in [1.82, 2.24) is 10.2 Å². The van der Waals surface area contributed by atoms with Gasteiger partial charge >= 0.3 is 0 Å². The van der Waals surface area contributed by atoms with Crippen LogP contribution in [0.4, 0.5) is 4.39 Å². The predicted molar refractivity (Wildman–Crippen MR) is 85.8 cm³/mol. The van der Waals surface area contributed by atoms with Gasteiger partial charge in [0.1, 0.15) is 5.82 Å². The van der Waals surface area contributed by atoms with E-state index in [2.05, 4.69) is 31.1 Å². The zero-order chi connectivity index (χ0) is 14.7. The number of hydrogen-bond acceptors (Lipinski definition) is 3. The third-order valence-electron chi connectivity index (χ3n) is 3.94. The summed E-state index contributed by atoms with van der Waals surface area (Å²) in [6.45, 7) is 5.99. The quantitative estimate of drug-likeness (QED) is 0.866. The number of fused-ring (bicyclic) bond motifs is 1. The molecule has 1 N–H and O–H groups in total. The molecule has 0 aliphatic carbocycles. The number of nitrogens with zero attached hydrogens (tertiary/aromatic N) is 1. The fraction of sp³-hybridized carbons (Fsp3) is 0.500. The van der Waals surface area contributed by atoms with E-state index in [1.54, 1.807) is 23.5 Å². The zero-order valence-electron chi connectivity index (χ0n) is 12.7. The second-order valence-electron chi connectivity index (χ2n) is 5.32. The second kappa shape index (κ2) is 6.66. The molecule has 0 fully saturated rings. The van der Waals surface area contributed by atoms with Crippen LogP contribution in [-0.2, 0) is 13.1 Å². The fourth-order valence-corrected chi connectivity index (χ4v) is 3.64. The Kier molecular flexibility index (Phi) is 5.13. The molecule has 0 saturated heterocycles. The topological polar surface area (TPSA) is 15.3 Å². The molecule has 2 nitrogen and oxygen atoms in total. The van der Waals surface area contributed by atoms with Crippen LogP contribution in [0.15, 0.2) is 18.2 Å². The normalized spacial score (nSPS) is 13.3. The highest BCUT2D eigenvalue weighted by Crippen LogP contribution is 2.34. The molecule has 2 rings (SSSR count). The van der Waals surface area contributed by atoms with Gasteiger partial charge in [-0.05, 0) is 45.1 Å². The average molecular weight is 294 g/mol. The minimum absolute atomic E-state index is 0.103. The Labute approximate surface area is 124 Å². The summed E-state index contributed by atoms with van der Waals surface area (Å²) in [6, 6.07) is 5.86. The summed E-state index contributed by atoms with van der Waals surface area (Å²) >= 11 is 1.69. The van der Waals surface area contributed by atoms with Crippen molar-refractivity contribution in [3.63, 3.8) is 0 Å². The van der Waals surface area contributed by atoms with Crippen LogP contribution in [0, 0.1) is 5.82 Å². The molecule has 1 atom stereocenters. The van der Waals surface area contributed by atoms with Crippen molar-refractivity contribution < 1.29 is 4.39 Å². The minimum atomic E-state index is -0.103. The molecular formula is C16H23FN2S. The lowest BCUT2D eigenvalue weighted by Gasteiger charge is -2.24. The maximum atomic E-state index is 14.2. The molecule has 0 radical (unpaired) electrons. The maximum absolute atomic E-state index is 14.2. The standard InChI is InChI=1S/C16H23FN2S/c1-5-11(2)19(4)10-12-15(9-18-3)20-14-8-6-7-13(17)16(12)14/h6-8,11,18H,5,9-10H2,1-4H3. The first-order valence-corrected chi connectivity index (χ1v) is 7.93. The lowest BCUT2D eigenvalue weighted by Crippen LogP contribution is -2.28. The van der Waals surface area contributed by atoms with Gasteiger partial charge in [0, 0.05) is 34.1 Å². The van der Waals surface area contributed by atoms with Crippen molar-refractivity contribution in [2.45, 2.75) is 39.4 Å². The molecule has 110 valence electrons. The van der Waals surface area contributed by atoms with Crippen molar-refractivity contribution in [2.24, 2.45) is 0 Å². The van der Waals surface area contributed by atoms with Crippen LogP contribution in [0.2, 0.25) is 0 Å². The predicted octanol–water partition coefficient (Wildman–Crippen LogP) is 3.99. The van der Waals surface area contributed by atoms with Crippen molar-refractivity contribution in [3.8, 4) is 0 Å². The van der Waals surface area contributed by atoms with E-state index in [-0.39, 0.29) is 5.82 Å². The molecule has 20 heavy (non-hydrogen) atoms. The van der Waals surface area contributed by atoms with Gasteiger partial charge in [0.15, 0.2) is 0 Å². The Morgan fingerprint density at radius 1 is 1.40 bits per heavy atom. The Hall–Kier alpha value is -0.970. The van der Waals surface area contributed by atoms with Crippen molar-refractivity contribution in [2.75, 3.05) is 14.1 Å². The van der Waals surface area contributed by atoms with Gasteiger partial charge in [-0.25, -0.2) is 4.39 Å². The average Bonchev–Trinajstić information content (AvgIpc) is 2.77. The van der Waals surface area contributed by atoms with Crippen LogP contribution in [0.5, 0.6) is 0 Å². The van der Waals surface area contributed by atoms with Gasteiger partial charge in [-0.3, -0.25) is 4.90 Å². The maximum Gasteiger partial charge on any atom is 0.132 e. The van der Waals surface area contributed by atoms with Gasteiger partial charge in [0.05, 0.1) is 0 Å². The van der Waals surface area contributed by atoms with E-state index in [0.29, 0.717) is 6.04 Å². The van der Waals surface area contributed by atoms with E-state index in [9.17, 15) is 4.39 Å². The zero-order valence-corrected chi connectivity index (χ0v) is 13.5. The molecule has 0 spiro atoms. The molecule has 0 aliphatic rings. The summed E-state index contributed by atoms with van der Waals surface area (Å²) in [5.41, 5.74) is 1.14. The summed E-state index contributed by atoms with van der Waals surface area (Å²) in [6.07, 6.45) is 1.10. The van der Waals surface area contributed by atoms with Crippen molar-refractivity contribution in [3.05, 3.63) is 34.5 Å². The number of thiophene rings is 1. The van der Waals surface area contributed by atoms with E-state index in [0.717, 1.165) is 35.2 Å². The largest absolute Gasteiger partial charge is 0.315 e.